The maximum Gasteiger partial charge on any atom is 0.224 e. The molecule has 0 radical (unpaired) electrons. The maximum atomic E-state index is 12.2. The number of fused-ring (bicyclic) bond motifs is 1. The number of ether oxygens (including phenoxy) is 2. The minimum Gasteiger partial charge on any atom is -0.486 e. The molecule has 0 spiro atoms. The summed E-state index contributed by atoms with van der Waals surface area (Å²) in [5.74, 6) is 1.43. The van der Waals surface area contributed by atoms with Gasteiger partial charge < -0.3 is 20.5 Å². The number of carbonyl (C=O) groups excluding carboxylic acids is 1. The van der Waals surface area contributed by atoms with Crippen molar-refractivity contribution in [1.29, 1.82) is 0 Å². The standard InChI is InChI=1S/C16H21ClN2O3/c17-11-8-14-15(22-6-5-21-14)9-13(11)19-16(20)7-10-3-1-2-4-12(10)18/h8-10,12H,1-7,18H2,(H,19,20). The lowest BCUT2D eigenvalue weighted by molar-refractivity contribution is -0.117. The fourth-order valence-corrected chi connectivity index (χ4v) is 3.29. The summed E-state index contributed by atoms with van der Waals surface area (Å²) in [6.07, 6.45) is 4.77. The minimum absolute atomic E-state index is 0.0547. The summed E-state index contributed by atoms with van der Waals surface area (Å²) in [6, 6.07) is 3.52. The maximum absolute atomic E-state index is 12.2. The molecule has 3 N–H and O–H groups in total. The number of anilines is 1. The van der Waals surface area contributed by atoms with E-state index in [-0.39, 0.29) is 17.9 Å². The minimum atomic E-state index is -0.0547. The molecule has 2 atom stereocenters. The zero-order valence-corrected chi connectivity index (χ0v) is 13.2. The van der Waals surface area contributed by atoms with Crippen molar-refractivity contribution in [3.05, 3.63) is 17.2 Å². The second kappa shape index (κ2) is 6.75. The predicted molar refractivity (Wildman–Crippen MR) is 85.6 cm³/mol. The van der Waals surface area contributed by atoms with Gasteiger partial charge in [0.2, 0.25) is 5.91 Å². The number of amides is 1. The van der Waals surface area contributed by atoms with Crippen molar-refractivity contribution in [2.45, 2.75) is 38.1 Å². The average molecular weight is 325 g/mol. The Morgan fingerprint density at radius 1 is 1.23 bits per heavy atom. The first kappa shape index (κ1) is 15.4. The average Bonchev–Trinajstić information content (AvgIpc) is 2.50. The molecule has 3 rings (SSSR count). The van der Waals surface area contributed by atoms with Crippen LogP contribution in [0.3, 0.4) is 0 Å². The second-order valence-corrected chi connectivity index (χ2v) is 6.34. The van der Waals surface area contributed by atoms with Gasteiger partial charge in [0, 0.05) is 24.6 Å². The molecule has 1 amide bonds. The van der Waals surface area contributed by atoms with Gasteiger partial charge in [0.15, 0.2) is 11.5 Å². The van der Waals surface area contributed by atoms with Crippen LogP contribution >= 0.6 is 11.6 Å². The Balaban J connectivity index is 1.66. The van der Waals surface area contributed by atoms with Gasteiger partial charge in [0.25, 0.3) is 0 Å². The molecule has 1 aromatic carbocycles. The highest BCUT2D eigenvalue weighted by atomic mass is 35.5. The van der Waals surface area contributed by atoms with E-state index in [2.05, 4.69) is 5.32 Å². The van der Waals surface area contributed by atoms with E-state index in [1.165, 1.54) is 0 Å². The number of rotatable bonds is 3. The molecule has 2 unspecified atom stereocenters. The number of hydrogen-bond acceptors (Lipinski definition) is 4. The molecule has 120 valence electrons. The van der Waals surface area contributed by atoms with Crippen molar-refractivity contribution in [1.82, 2.24) is 0 Å². The Hall–Kier alpha value is -1.46. The molecule has 1 aliphatic carbocycles. The second-order valence-electron chi connectivity index (χ2n) is 5.94. The van der Waals surface area contributed by atoms with Crippen molar-refractivity contribution in [3.8, 4) is 11.5 Å². The molecule has 1 aliphatic heterocycles. The van der Waals surface area contributed by atoms with Crippen molar-refractivity contribution in [2.24, 2.45) is 11.7 Å². The first-order valence-electron chi connectivity index (χ1n) is 7.78. The van der Waals surface area contributed by atoms with Crippen LogP contribution in [-0.2, 0) is 4.79 Å². The van der Waals surface area contributed by atoms with Crippen LogP contribution in [0.15, 0.2) is 12.1 Å². The molecule has 6 heteroatoms. The van der Waals surface area contributed by atoms with Crippen molar-refractivity contribution in [2.75, 3.05) is 18.5 Å². The first-order valence-corrected chi connectivity index (χ1v) is 8.16. The summed E-state index contributed by atoms with van der Waals surface area (Å²) in [7, 11) is 0. The normalized spacial score (nSPS) is 23.9. The Labute approximate surface area is 135 Å². The Morgan fingerprint density at radius 2 is 1.91 bits per heavy atom. The number of hydrogen-bond donors (Lipinski definition) is 2. The van der Waals surface area contributed by atoms with E-state index in [9.17, 15) is 4.79 Å². The first-order chi connectivity index (χ1) is 10.6. The molecule has 1 fully saturated rings. The van der Waals surface area contributed by atoms with Gasteiger partial charge in [-0.1, -0.05) is 24.4 Å². The third kappa shape index (κ3) is 3.47. The van der Waals surface area contributed by atoms with Crippen molar-refractivity contribution in [3.63, 3.8) is 0 Å². The van der Waals surface area contributed by atoms with Gasteiger partial charge in [-0.15, -0.1) is 0 Å². The molecular formula is C16H21ClN2O3. The van der Waals surface area contributed by atoms with Crippen LogP contribution in [0.25, 0.3) is 0 Å². The van der Waals surface area contributed by atoms with Crippen LogP contribution in [0.2, 0.25) is 5.02 Å². The SMILES string of the molecule is NC1CCCCC1CC(=O)Nc1cc2c(cc1Cl)OCCO2. The van der Waals surface area contributed by atoms with E-state index < -0.39 is 0 Å². The zero-order valence-electron chi connectivity index (χ0n) is 12.4. The zero-order chi connectivity index (χ0) is 15.5. The van der Waals surface area contributed by atoms with E-state index in [0.29, 0.717) is 41.8 Å². The number of nitrogens with one attached hydrogen (secondary N) is 1. The van der Waals surface area contributed by atoms with Crippen LogP contribution in [0.1, 0.15) is 32.1 Å². The molecule has 22 heavy (non-hydrogen) atoms. The van der Waals surface area contributed by atoms with Crippen LogP contribution in [0.5, 0.6) is 11.5 Å². The Bertz CT molecular complexity index is 565. The summed E-state index contributed by atoms with van der Waals surface area (Å²) in [6.45, 7) is 1.01. The third-order valence-electron chi connectivity index (χ3n) is 4.32. The molecule has 2 aliphatic rings. The Morgan fingerprint density at radius 3 is 2.64 bits per heavy atom. The lowest BCUT2D eigenvalue weighted by Crippen LogP contribution is -2.35. The van der Waals surface area contributed by atoms with Crippen molar-refractivity contribution < 1.29 is 14.3 Å². The molecule has 1 aromatic rings. The lowest BCUT2D eigenvalue weighted by atomic mass is 9.83. The van der Waals surface area contributed by atoms with Crippen LogP contribution < -0.4 is 20.5 Å². The number of carbonyl (C=O) groups is 1. The monoisotopic (exact) mass is 324 g/mol. The van der Waals surface area contributed by atoms with Gasteiger partial charge in [-0.25, -0.2) is 0 Å². The van der Waals surface area contributed by atoms with E-state index in [1.54, 1.807) is 12.1 Å². The Kier molecular flexibility index (Phi) is 4.74. The van der Waals surface area contributed by atoms with Gasteiger partial charge >= 0.3 is 0 Å². The number of nitrogens with two attached hydrogens (primary N) is 1. The summed E-state index contributed by atoms with van der Waals surface area (Å²) in [4.78, 5) is 12.2. The highest BCUT2D eigenvalue weighted by Crippen LogP contribution is 2.38. The fraction of sp³-hybridized carbons (Fsp3) is 0.562. The predicted octanol–water partition coefficient (Wildman–Crippen LogP) is 2.96. The molecule has 5 nitrogen and oxygen atoms in total. The quantitative estimate of drug-likeness (QED) is 0.896. The molecule has 0 bridgehead atoms. The van der Waals surface area contributed by atoms with Gasteiger partial charge in [-0.3, -0.25) is 4.79 Å². The highest BCUT2D eigenvalue weighted by Gasteiger charge is 2.25. The fourth-order valence-electron chi connectivity index (χ4n) is 3.09. The van der Waals surface area contributed by atoms with E-state index in [1.807, 2.05) is 0 Å². The van der Waals surface area contributed by atoms with E-state index >= 15 is 0 Å². The van der Waals surface area contributed by atoms with Gasteiger partial charge in [-0.05, 0) is 18.8 Å². The van der Waals surface area contributed by atoms with Crippen LogP contribution in [-0.4, -0.2) is 25.2 Å². The van der Waals surface area contributed by atoms with Crippen molar-refractivity contribution >= 4 is 23.2 Å². The van der Waals surface area contributed by atoms with Crippen LogP contribution in [0, 0.1) is 5.92 Å². The highest BCUT2D eigenvalue weighted by molar-refractivity contribution is 6.34. The molecule has 0 aromatic heterocycles. The van der Waals surface area contributed by atoms with E-state index in [4.69, 9.17) is 26.8 Å². The summed E-state index contributed by atoms with van der Waals surface area (Å²) >= 11 is 6.20. The van der Waals surface area contributed by atoms with Gasteiger partial charge in [0.1, 0.15) is 13.2 Å². The molecule has 1 heterocycles. The van der Waals surface area contributed by atoms with Gasteiger partial charge in [0.05, 0.1) is 10.7 Å². The third-order valence-corrected chi connectivity index (χ3v) is 4.63. The van der Waals surface area contributed by atoms with E-state index in [0.717, 1.165) is 25.7 Å². The number of halogens is 1. The van der Waals surface area contributed by atoms with Gasteiger partial charge in [-0.2, -0.15) is 0 Å². The molecule has 0 saturated heterocycles. The lowest BCUT2D eigenvalue weighted by Gasteiger charge is -2.28. The smallest absolute Gasteiger partial charge is 0.224 e. The van der Waals surface area contributed by atoms with Crippen LogP contribution in [0.4, 0.5) is 5.69 Å². The number of benzene rings is 1. The summed E-state index contributed by atoms with van der Waals surface area (Å²) in [5, 5.41) is 3.32. The topological polar surface area (TPSA) is 73.6 Å². The largest absolute Gasteiger partial charge is 0.486 e. The molecule has 1 saturated carbocycles. The summed E-state index contributed by atoms with van der Waals surface area (Å²) < 4.78 is 11.0. The molecular weight excluding hydrogens is 304 g/mol. The summed E-state index contributed by atoms with van der Waals surface area (Å²) in [5.41, 5.74) is 6.65.